The van der Waals surface area contributed by atoms with Crippen LogP contribution < -0.4 is 10.5 Å². The van der Waals surface area contributed by atoms with Gasteiger partial charge >= 0.3 is 6.15 Å². The third kappa shape index (κ3) is 5.30. The molecule has 2 N–H and O–H groups in total. The van der Waals surface area contributed by atoms with Crippen LogP contribution in [0.3, 0.4) is 0 Å². The number of benzene rings is 1. The highest BCUT2D eigenvalue weighted by atomic mass is 16.5. The Balaban J connectivity index is 0.000000878. The molecule has 1 fully saturated rings. The molecule has 1 aromatic heterocycles. The number of pyridine rings is 1. The zero-order chi connectivity index (χ0) is 20.7. The Hall–Kier alpha value is -2.92. The lowest BCUT2D eigenvalue weighted by Crippen LogP contribution is -2.41. The molecule has 2 heterocycles. The number of likely N-dealkylation sites (tertiary alicyclic amines) is 1. The van der Waals surface area contributed by atoms with Gasteiger partial charge in [-0.05, 0) is 43.9 Å². The fourth-order valence-corrected chi connectivity index (χ4v) is 3.44. The number of rotatable bonds is 4. The van der Waals surface area contributed by atoms with Crippen molar-refractivity contribution < 1.29 is 19.1 Å². The lowest BCUT2D eigenvalue weighted by molar-refractivity contribution is -0.191. The van der Waals surface area contributed by atoms with Gasteiger partial charge in [0.25, 0.3) is 0 Å². The number of nitrogens with two attached hydrogens (primary N) is 1. The fraction of sp³-hybridized carbons (Fsp3) is 0.476. The second kappa shape index (κ2) is 9.85. The van der Waals surface area contributed by atoms with Crippen LogP contribution in [-0.4, -0.2) is 41.6 Å². The molecule has 0 radical (unpaired) electrons. The molecule has 28 heavy (non-hydrogen) atoms. The summed E-state index contributed by atoms with van der Waals surface area (Å²) in [5.74, 6) is 1.58. The molecule has 0 saturated carbocycles. The summed E-state index contributed by atoms with van der Waals surface area (Å²) in [6.45, 7) is 8.15. The Labute approximate surface area is 164 Å². The van der Waals surface area contributed by atoms with E-state index in [1.165, 1.54) is 0 Å². The predicted octanol–water partition coefficient (Wildman–Crippen LogP) is 2.82. The highest BCUT2D eigenvalue weighted by Gasteiger charge is 2.24. The van der Waals surface area contributed by atoms with Crippen LogP contribution in [0, 0.1) is 18.8 Å². The summed E-state index contributed by atoms with van der Waals surface area (Å²) in [7, 11) is 0. The number of piperidine rings is 1. The monoisotopic (exact) mass is 385 g/mol. The standard InChI is InChI=1S/C20H27N3O2.CO2/c1-13(2)20(24)23-9-7-15(8-10-23)12-25-18-6-4-5-17-19(18)16(21)11-14(3)22-17;2-1-3/h4-6,11,13,15H,7-10,12H2,1-3H3,(H2,21,22);. The highest BCUT2D eigenvalue weighted by molar-refractivity contribution is 5.95. The van der Waals surface area contributed by atoms with Gasteiger partial charge in [-0.15, -0.1) is 0 Å². The Bertz CT molecular complexity index is 852. The van der Waals surface area contributed by atoms with Crippen molar-refractivity contribution in [2.75, 3.05) is 25.4 Å². The first-order chi connectivity index (χ1) is 13.4. The van der Waals surface area contributed by atoms with E-state index in [1.54, 1.807) is 0 Å². The van der Waals surface area contributed by atoms with Crippen LogP contribution in [0.15, 0.2) is 24.3 Å². The molecule has 7 heteroatoms. The average Bonchev–Trinajstić information content (AvgIpc) is 2.66. The lowest BCUT2D eigenvalue weighted by Gasteiger charge is -2.33. The Morgan fingerprint density at radius 2 is 1.96 bits per heavy atom. The van der Waals surface area contributed by atoms with Crippen molar-refractivity contribution in [3.63, 3.8) is 0 Å². The third-order valence-electron chi connectivity index (χ3n) is 4.85. The summed E-state index contributed by atoms with van der Waals surface area (Å²) >= 11 is 0. The second-order valence-corrected chi connectivity index (χ2v) is 7.32. The number of nitrogen functional groups attached to an aromatic ring is 1. The quantitative estimate of drug-likeness (QED) is 0.868. The largest absolute Gasteiger partial charge is 0.493 e. The number of hydrogen-bond donors (Lipinski definition) is 1. The summed E-state index contributed by atoms with van der Waals surface area (Å²) in [5, 5.41) is 0.889. The molecule has 1 aliphatic heterocycles. The number of anilines is 1. The smallest absolute Gasteiger partial charge is 0.373 e. The summed E-state index contributed by atoms with van der Waals surface area (Å²) in [4.78, 5) is 34.8. The van der Waals surface area contributed by atoms with Crippen LogP contribution in [0.4, 0.5) is 5.69 Å². The van der Waals surface area contributed by atoms with Gasteiger partial charge < -0.3 is 15.4 Å². The first-order valence-corrected chi connectivity index (χ1v) is 9.44. The minimum atomic E-state index is 0.0717. The van der Waals surface area contributed by atoms with Gasteiger partial charge in [0.1, 0.15) is 5.75 Å². The van der Waals surface area contributed by atoms with Crippen molar-refractivity contribution >= 4 is 28.6 Å². The van der Waals surface area contributed by atoms with Crippen LogP contribution in [0.5, 0.6) is 5.75 Å². The summed E-state index contributed by atoms with van der Waals surface area (Å²) in [6.07, 6.45) is 2.21. The average molecular weight is 385 g/mol. The molecule has 1 aromatic carbocycles. The molecule has 0 aliphatic carbocycles. The first kappa shape index (κ1) is 21.4. The van der Waals surface area contributed by atoms with Crippen LogP contribution >= 0.6 is 0 Å². The van der Waals surface area contributed by atoms with Crippen molar-refractivity contribution in [1.29, 1.82) is 0 Å². The number of aromatic nitrogens is 1. The SMILES string of the molecule is Cc1cc(N)c2c(OCC3CCN(C(=O)C(C)C)CC3)cccc2n1.O=C=O. The molecule has 1 saturated heterocycles. The minimum Gasteiger partial charge on any atom is -0.493 e. The number of ether oxygens (including phenoxy) is 1. The maximum atomic E-state index is 12.1. The molecule has 150 valence electrons. The highest BCUT2D eigenvalue weighted by Crippen LogP contribution is 2.31. The number of fused-ring (bicyclic) bond motifs is 1. The normalized spacial score (nSPS) is 14.4. The Morgan fingerprint density at radius 1 is 1.32 bits per heavy atom. The van der Waals surface area contributed by atoms with Crippen molar-refractivity contribution in [2.45, 2.75) is 33.6 Å². The van der Waals surface area contributed by atoms with Gasteiger partial charge in [-0.25, -0.2) is 0 Å². The molecule has 0 unspecified atom stereocenters. The van der Waals surface area contributed by atoms with Crippen molar-refractivity contribution in [3.05, 3.63) is 30.0 Å². The van der Waals surface area contributed by atoms with Gasteiger partial charge in [-0.3, -0.25) is 9.78 Å². The van der Waals surface area contributed by atoms with Crippen molar-refractivity contribution in [1.82, 2.24) is 9.88 Å². The van der Waals surface area contributed by atoms with Crippen molar-refractivity contribution in [2.24, 2.45) is 11.8 Å². The van der Waals surface area contributed by atoms with Gasteiger partial charge in [0.15, 0.2) is 0 Å². The van der Waals surface area contributed by atoms with E-state index in [4.69, 9.17) is 20.1 Å². The van der Waals surface area contributed by atoms with E-state index in [-0.39, 0.29) is 18.0 Å². The topological polar surface area (TPSA) is 103 Å². The molecule has 2 aromatic rings. The summed E-state index contributed by atoms with van der Waals surface area (Å²) < 4.78 is 6.10. The molecule has 3 rings (SSSR count). The lowest BCUT2D eigenvalue weighted by atomic mass is 9.97. The number of amides is 1. The number of nitrogens with zero attached hydrogens (tertiary/aromatic N) is 2. The van der Waals surface area contributed by atoms with Crippen LogP contribution in [0.25, 0.3) is 10.9 Å². The Morgan fingerprint density at radius 3 is 2.57 bits per heavy atom. The second-order valence-electron chi connectivity index (χ2n) is 7.32. The van der Waals surface area contributed by atoms with E-state index in [0.29, 0.717) is 18.2 Å². The van der Waals surface area contributed by atoms with Crippen LogP contribution in [0.2, 0.25) is 0 Å². The summed E-state index contributed by atoms with van der Waals surface area (Å²) in [6, 6.07) is 7.74. The van der Waals surface area contributed by atoms with Gasteiger partial charge in [-0.1, -0.05) is 19.9 Å². The molecule has 0 atom stereocenters. The van der Waals surface area contributed by atoms with Crippen LogP contribution in [0.1, 0.15) is 32.4 Å². The van der Waals surface area contributed by atoms with Crippen molar-refractivity contribution in [3.8, 4) is 5.75 Å². The zero-order valence-electron chi connectivity index (χ0n) is 16.6. The molecule has 0 bridgehead atoms. The molecular formula is C21H27N3O4. The van der Waals surface area contributed by atoms with Gasteiger partial charge in [0.05, 0.1) is 17.5 Å². The minimum absolute atomic E-state index is 0.0717. The molecule has 7 nitrogen and oxygen atoms in total. The fourth-order valence-electron chi connectivity index (χ4n) is 3.44. The molecule has 1 amide bonds. The molecule has 0 spiro atoms. The van der Waals surface area contributed by atoms with E-state index >= 15 is 0 Å². The first-order valence-electron chi connectivity index (χ1n) is 9.44. The van der Waals surface area contributed by atoms with E-state index in [0.717, 1.165) is 48.3 Å². The van der Waals surface area contributed by atoms with E-state index in [9.17, 15) is 4.79 Å². The van der Waals surface area contributed by atoms with Gasteiger partial charge in [-0.2, -0.15) is 9.59 Å². The zero-order valence-corrected chi connectivity index (χ0v) is 16.6. The van der Waals surface area contributed by atoms with E-state index in [1.807, 2.05) is 49.9 Å². The van der Waals surface area contributed by atoms with Gasteiger partial charge in [0.2, 0.25) is 5.91 Å². The molecule has 1 aliphatic rings. The van der Waals surface area contributed by atoms with Crippen LogP contribution in [-0.2, 0) is 14.4 Å². The predicted molar refractivity (Wildman–Crippen MR) is 106 cm³/mol. The number of carbonyl (C=O) groups excluding carboxylic acids is 3. The third-order valence-corrected chi connectivity index (χ3v) is 4.85. The Kier molecular flexibility index (Phi) is 7.52. The van der Waals surface area contributed by atoms with E-state index in [2.05, 4.69) is 4.98 Å². The maximum absolute atomic E-state index is 12.1. The number of aryl methyl sites for hydroxylation is 1. The summed E-state index contributed by atoms with van der Waals surface area (Å²) in [5.41, 5.74) is 8.66. The van der Waals surface area contributed by atoms with E-state index < -0.39 is 0 Å². The van der Waals surface area contributed by atoms with Gasteiger partial charge in [0, 0.05) is 30.4 Å². The molecular weight excluding hydrogens is 358 g/mol. The number of carbonyl (C=O) groups is 1. The maximum Gasteiger partial charge on any atom is 0.373 e. The number of hydrogen-bond acceptors (Lipinski definition) is 6.